The van der Waals surface area contributed by atoms with Gasteiger partial charge in [-0.25, -0.2) is 4.79 Å². The quantitative estimate of drug-likeness (QED) is 0.846. The molecule has 86 valence electrons. The number of esters is 1. The Bertz CT molecular complexity index is 433. The van der Waals surface area contributed by atoms with Crippen molar-refractivity contribution in [2.75, 3.05) is 13.6 Å². The number of nitrogens with one attached hydrogen (secondary N) is 1. The highest BCUT2D eigenvalue weighted by Crippen LogP contribution is 2.31. The molecule has 0 aliphatic carbocycles. The van der Waals surface area contributed by atoms with Crippen LogP contribution in [0.2, 0.25) is 0 Å². The van der Waals surface area contributed by atoms with Crippen molar-refractivity contribution in [1.82, 2.24) is 5.32 Å². The summed E-state index contributed by atoms with van der Waals surface area (Å²) in [6, 6.07) is 5.79. The maximum Gasteiger partial charge on any atom is 0.340 e. The van der Waals surface area contributed by atoms with Gasteiger partial charge in [-0.3, -0.25) is 0 Å². The van der Waals surface area contributed by atoms with E-state index in [-0.39, 0.29) is 5.97 Å². The van der Waals surface area contributed by atoms with Crippen LogP contribution in [0.25, 0.3) is 0 Å². The Hall–Kier alpha value is -0.870. The topological polar surface area (TPSA) is 38.3 Å². The highest BCUT2D eigenvalue weighted by molar-refractivity contribution is 9.10. The first-order valence-electron chi connectivity index (χ1n) is 5.21. The predicted octanol–water partition coefficient (Wildman–Crippen LogP) is 2.14. The molecule has 2 rings (SSSR count). The number of carbonyl (C=O) groups is 1. The Kier molecular flexibility index (Phi) is 3.04. The number of carbonyl (C=O) groups excluding carboxylic acids is 1. The number of rotatable bonds is 2. The fraction of sp³-hybridized carbons (Fsp3) is 0.417. The maximum atomic E-state index is 11.9. The molecule has 0 bridgehead atoms. The second kappa shape index (κ2) is 4.18. The number of hydrogen-bond donors (Lipinski definition) is 1. The molecule has 0 aromatic heterocycles. The van der Waals surface area contributed by atoms with Gasteiger partial charge in [0.15, 0.2) is 0 Å². The summed E-state index contributed by atoms with van der Waals surface area (Å²) in [7, 11) is 1.86. The molecule has 0 saturated heterocycles. The van der Waals surface area contributed by atoms with Crippen LogP contribution >= 0.6 is 15.9 Å². The fourth-order valence-corrected chi connectivity index (χ4v) is 2.70. The van der Waals surface area contributed by atoms with Crippen LogP contribution in [0.1, 0.15) is 22.8 Å². The molecule has 1 atom stereocenters. The smallest absolute Gasteiger partial charge is 0.340 e. The number of ether oxygens (including phenoxy) is 1. The molecule has 0 fully saturated rings. The fourth-order valence-electron chi connectivity index (χ4n) is 2.13. The van der Waals surface area contributed by atoms with Gasteiger partial charge in [-0.15, -0.1) is 0 Å². The third-order valence-corrected chi connectivity index (χ3v) is 3.42. The summed E-state index contributed by atoms with van der Waals surface area (Å²) in [5.41, 5.74) is 1.26. The number of hydrogen-bond acceptors (Lipinski definition) is 3. The summed E-state index contributed by atoms with van der Waals surface area (Å²) in [5.74, 6) is -0.244. The minimum atomic E-state index is -0.445. The van der Waals surface area contributed by atoms with Crippen LogP contribution in [0.4, 0.5) is 0 Å². The lowest BCUT2D eigenvalue weighted by Gasteiger charge is -2.34. The van der Waals surface area contributed by atoms with Gasteiger partial charge in [0, 0.05) is 17.4 Å². The van der Waals surface area contributed by atoms with Gasteiger partial charge in [0.2, 0.25) is 0 Å². The van der Waals surface area contributed by atoms with Gasteiger partial charge in [0.25, 0.3) is 0 Å². The summed E-state index contributed by atoms with van der Waals surface area (Å²) in [6.07, 6.45) is 0.744. The van der Waals surface area contributed by atoms with Crippen LogP contribution in [0.3, 0.4) is 0 Å². The zero-order valence-corrected chi connectivity index (χ0v) is 10.9. The summed E-state index contributed by atoms with van der Waals surface area (Å²) in [6.45, 7) is 2.61. The van der Waals surface area contributed by atoms with Crippen molar-refractivity contribution in [2.24, 2.45) is 0 Å². The minimum absolute atomic E-state index is 0.244. The molecule has 1 heterocycles. The van der Waals surface area contributed by atoms with Crippen molar-refractivity contribution in [1.29, 1.82) is 0 Å². The first-order valence-corrected chi connectivity index (χ1v) is 6.00. The molecular formula is C12H14BrNO2. The zero-order chi connectivity index (χ0) is 11.8. The zero-order valence-electron chi connectivity index (χ0n) is 9.34. The molecule has 0 radical (unpaired) electrons. The number of fused-ring (bicyclic) bond motifs is 1. The summed E-state index contributed by atoms with van der Waals surface area (Å²) in [4.78, 5) is 11.9. The molecule has 0 saturated carbocycles. The van der Waals surface area contributed by atoms with Gasteiger partial charge >= 0.3 is 5.97 Å². The average Bonchev–Trinajstić information content (AvgIpc) is 2.16. The van der Waals surface area contributed by atoms with E-state index in [0.29, 0.717) is 12.1 Å². The number of benzene rings is 1. The lowest BCUT2D eigenvalue weighted by atomic mass is 9.90. The van der Waals surface area contributed by atoms with Crippen LogP contribution in [0, 0.1) is 0 Å². The van der Waals surface area contributed by atoms with Gasteiger partial charge in [0.05, 0.1) is 5.56 Å². The van der Waals surface area contributed by atoms with Crippen LogP contribution in [0.15, 0.2) is 22.7 Å². The highest BCUT2D eigenvalue weighted by atomic mass is 79.9. The summed E-state index contributed by atoms with van der Waals surface area (Å²) >= 11 is 3.38. The van der Waals surface area contributed by atoms with Crippen molar-refractivity contribution in [2.45, 2.75) is 18.9 Å². The summed E-state index contributed by atoms with van der Waals surface area (Å²) in [5, 5.41) is 3.05. The van der Waals surface area contributed by atoms with Crippen LogP contribution < -0.4 is 5.32 Å². The Morgan fingerprint density at radius 3 is 3.00 bits per heavy atom. The van der Waals surface area contributed by atoms with E-state index in [1.165, 1.54) is 0 Å². The third-order valence-electron chi connectivity index (χ3n) is 2.76. The van der Waals surface area contributed by atoms with Crippen molar-refractivity contribution in [3.05, 3.63) is 33.8 Å². The standard InChI is InChI=1S/C12H14BrNO2/c1-12(7-14-2)6-8-4-3-5-9(13)10(8)11(15)16-12/h3-5,14H,6-7H2,1-2H3. The van der Waals surface area contributed by atoms with Crippen molar-refractivity contribution < 1.29 is 9.53 Å². The SMILES string of the molecule is CNCC1(C)Cc2cccc(Br)c2C(=O)O1. The van der Waals surface area contributed by atoms with E-state index in [0.717, 1.165) is 16.5 Å². The van der Waals surface area contributed by atoms with E-state index in [4.69, 9.17) is 4.74 Å². The van der Waals surface area contributed by atoms with E-state index < -0.39 is 5.60 Å². The van der Waals surface area contributed by atoms with Gasteiger partial charge in [-0.2, -0.15) is 0 Å². The van der Waals surface area contributed by atoms with E-state index in [9.17, 15) is 4.79 Å². The molecule has 1 aliphatic heterocycles. The first-order chi connectivity index (χ1) is 7.56. The second-order valence-corrected chi connectivity index (χ2v) is 5.17. The monoisotopic (exact) mass is 283 g/mol. The Morgan fingerprint density at radius 1 is 1.56 bits per heavy atom. The van der Waals surface area contributed by atoms with Crippen molar-refractivity contribution >= 4 is 21.9 Å². The van der Waals surface area contributed by atoms with E-state index in [1.54, 1.807) is 0 Å². The minimum Gasteiger partial charge on any atom is -0.454 e. The molecule has 1 aromatic carbocycles. The molecule has 3 nitrogen and oxygen atoms in total. The predicted molar refractivity (Wildman–Crippen MR) is 65.6 cm³/mol. The molecule has 0 spiro atoms. The maximum absolute atomic E-state index is 11.9. The molecule has 4 heteroatoms. The van der Waals surface area contributed by atoms with Crippen molar-refractivity contribution in [3.8, 4) is 0 Å². The van der Waals surface area contributed by atoms with E-state index in [2.05, 4.69) is 21.2 Å². The highest BCUT2D eigenvalue weighted by Gasteiger charge is 2.36. The molecule has 1 N–H and O–H groups in total. The molecule has 0 amide bonds. The van der Waals surface area contributed by atoms with E-state index in [1.807, 2.05) is 32.2 Å². The Balaban J connectivity index is 2.41. The Morgan fingerprint density at radius 2 is 2.31 bits per heavy atom. The Labute approximate surface area is 103 Å². The van der Waals surface area contributed by atoms with Gasteiger partial charge in [-0.05, 0) is 41.5 Å². The largest absolute Gasteiger partial charge is 0.454 e. The third kappa shape index (κ3) is 1.99. The lowest BCUT2D eigenvalue weighted by molar-refractivity contribution is -0.0141. The molecule has 16 heavy (non-hydrogen) atoms. The second-order valence-electron chi connectivity index (χ2n) is 4.32. The van der Waals surface area contributed by atoms with Crippen molar-refractivity contribution in [3.63, 3.8) is 0 Å². The average molecular weight is 284 g/mol. The number of likely N-dealkylation sites (N-methyl/N-ethyl adjacent to an activating group) is 1. The normalized spacial score (nSPS) is 23.8. The number of halogens is 1. The molecule has 1 aromatic rings. The first kappa shape index (κ1) is 11.6. The van der Waals surface area contributed by atoms with E-state index >= 15 is 0 Å². The number of cyclic esters (lactones) is 1. The van der Waals surface area contributed by atoms with Gasteiger partial charge < -0.3 is 10.1 Å². The van der Waals surface area contributed by atoms with Crippen LogP contribution in [-0.2, 0) is 11.2 Å². The van der Waals surface area contributed by atoms with Crippen LogP contribution in [-0.4, -0.2) is 25.2 Å². The molecular weight excluding hydrogens is 270 g/mol. The van der Waals surface area contributed by atoms with Gasteiger partial charge in [0.1, 0.15) is 5.60 Å². The summed E-state index contributed by atoms with van der Waals surface area (Å²) < 4.78 is 6.30. The molecule has 1 aliphatic rings. The lowest BCUT2D eigenvalue weighted by Crippen LogP contribution is -2.46. The molecule has 1 unspecified atom stereocenters. The van der Waals surface area contributed by atoms with Gasteiger partial charge in [-0.1, -0.05) is 12.1 Å². The van der Waals surface area contributed by atoms with Crippen LogP contribution in [0.5, 0.6) is 0 Å².